The minimum absolute atomic E-state index is 0.119. The summed E-state index contributed by atoms with van der Waals surface area (Å²) in [7, 11) is 1.78. The van der Waals surface area contributed by atoms with Crippen LogP contribution >= 0.6 is 0 Å². The molecule has 1 saturated carbocycles. The molecule has 5 heteroatoms. The van der Waals surface area contributed by atoms with Gasteiger partial charge in [-0.25, -0.2) is 9.97 Å². The summed E-state index contributed by atoms with van der Waals surface area (Å²) in [5.74, 6) is 0.785. The molecule has 0 radical (unpaired) electrons. The summed E-state index contributed by atoms with van der Waals surface area (Å²) in [6.45, 7) is 6.97. The molecule has 2 rings (SSSR count). The number of nitrogens with one attached hydrogen (secondary N) is 2. The Morgan fingerprint density at radius 2 is 2.15 bits per heavy atom. The van der Waals surface area contributed by atoms with Gasteiger partial charge in [0.25, 0.3) is 5.91 Å². The monoisotopic (exact) mass is 276 g/mol. The smallest absolute Gasteiger partial charge is 0.272 e. The Morgan fingerprint density at radius 3 is 2.65 bits per heavy atom. The topological polar surface area (TPSA) is 66.9 Å². The molecule has 1 aliphatic carbocycles. The van der Waals surface area contributed by atoms with Crippen molar-refractivity contribution >= 4 is 11.6 Å². The van der Waals surface area contributed by atoms with Gasteiger partial charge in [0.2, 0.25) is 0 Å². The van der Waals surface area contributed by atoms with Gasteiger partial charge in [0.05, 0.1) is 11.9 Å². The summed E-state index contributed by atoms with van der Waals surface area (Å²) < 4.78 is 0. The van der Waals surface area contributed by atoms with E-state index < -0.39 is 0 Å². The highest BCUT2D eigenvalue weighted by molar-refractivity contribution is 5.97. The van der Waals surface area contributed by atoms with Gasteiger partial charge in [-0.15, -0.1) is 0 Å². The number of rotatable bonds is 5. The summed E-state index contributed by atoms with van der Waals surface area (Å²) in [5.41, 5.74) is 1.38. The van der Waals surface area contributed by atoms with Crippen molar-refractivity contribution in [2.24, 2.45) is 5.41 Å². The number of hydrogen-bond acceptors (Lipinski definition) is 4. The van der Waals surface area contributed by atoms with Crippen molar-refractivity contribution in [3.05, 3.63) is 17.7 Å². The average Bonchev–Trinajstić information content (AvgIpc) is 2.41. The Bertz CT molecular complexity index is 495. The maximum Gasteiger partial charge on any atom is 0.272 e. The largest absolute Gasteiger partial charge is 0.385 e. The molecule has 1 aromatic rings. The molecule has 1 fully saturated rings. The summed E-state index contributed by atoms with van der Waals surface area (Å²) in [6.07, 6.45) is 5.32. The second kappa shape index (κ2) is 5.77. The highest BCUT2D eigenvalue weighted by atomic mass is 16.1. The van der Waals surface area contributed by atoms with Gasteiger partial charge in [0.15, 0.2) is 5.69 Å². The fourth-order valence-corrected chi connectivity index (χ4v) is 2.36. The Morgan fingerprint density at radius 1 is 1.45 bits per heavy atom. The molecular weight excluding hydrogens is 252 g/mol. The van der Waals surface area contributed by atoms with E-state index in [4.69, 9.17) is 0 Å². The van der Waals surface area contributed by atoms with Crippen LogP contribution in [0.15, 0.2) is 6.20 Å². The molecule has 0 atom stereocenters. The van der Waals surface area contributed by atoms with E-state index in [2.05, 4.69) is 27.5 Å². The number of nitrogens with zero attached hydrogens (tertiary/aromatic N) is 2. The first kappa shape index (κ1) is 14.8. The first-order valence-corrected chi connectivity index (χ1v) is 7.28. The van der Waals surface area contributed by atoms with Crippen LogP contribution in [-0.4, -0.2) is 29.5 Å². The maximum atomic E-state index is 12.3. The molecule has 0 aliphatic heterocycles. The molecule has 110 valence electrons. The second-order valence-corrected chi connectivity index (χ2v) is 6.24. The van der Waals surface area contributed by atoms with Gasteiger partial charge < -0.3 is 10.6 Å². The summed E-state index contributed by atoms with van der Waals surface area (Å²) >= 11 is 0. The van der Waals surface area contributed by atoms with Crippen LogP contribution in [0.4, 0.5) is 5.69 Å². The molecule has 20 heavy (non-hydrogen) atoms. The maximum absolute atomic E-state index is 12.3. The van der Waals surface area contributed by atoms with Gasteiger partial charge in [0, 0.05) is 19.5 Å². The fraction of sp³-hybridized carbons (Fsp3) is 0.667. The number of anilines is 1. The minimum atomic E-state index is -0.119. The van der Waals surface area contributed by atoms with Crippen LogP contribution in [-0.2, 0) is 0 Å². The molecule has 1 amide bonds. The zero-order chi connectivity index (χ0) is 14.8. The first-order chi connectivity index (χ1) is 9.45. The van der Waals surface area contributed by atoms with E-state index in [-0.39, 0.29) is 17.2 Å². The van der Waals surface area contributed by atoms with Crippen molar-refractivity contribution in [2.75, 3.05) is 18.9 Å². The predicted molar refractivity (Wildman–Crippen MR) is 80.0 cm³/mol. The van der Waals surface area contributed by atoms with Gasteiger partial charge in [-0.3, -0.25) is 4.79 Å². The van der Waals surface area contributed by atoms with E-state index in [0.29, 0.717) is 17.2 Å². The lowest BCUT2D eigenvalue weighted by molar-refractivity contribution is 0.0886. The van der Waals surface area contributed by atoms with Crippen LogP contribution in [0.25, 0.3) is 0 Å². The van der Waals surface area contributed by atoms with Crippen LogP contribution in [0.2, 0.25) is 0 Å². The van der Waals surface area contributed by atoms with Gasteiger partial charge in [-0.2, -0.15) is 0 Å². The molecule has 1 heterocycles. The molecule has 0 unspecified atom stereocenters. The van der Waals surface area contributed by atoms with E-state index in [9.17, 15) is 4.79 Å². The van der Waals surface area contributed by atoms with Crippen molar-refractivity contribution in [1.82, 2.24) is 15.3 Å². The number of carbonyl (C=O) groups excluding carboxylic acids is 1. The van der Waals surface area contributed by atoms with Gasteiger partial charge in [-0.05, 0) is 18.3 Å². The normalized spacial score (nSPS) is 16.6. The quantitative estimate of drug-likeness (QED) is 0.867. The first-order valence-electron chi connectivity index (χ1n) is 7.28. The third kappa shape index (κ3) is 3.08. The van der Waals surface area contributed by atoms with Gasteiger partial charge in [-0.1, -0.05) is 27.2 Å². The van der Waals surface area contributed by atoms with Crippen LogP contribution < -0.4 is 10.6 Å². The lowest BCUT2D eigenvalue weighted by atomic mass is 9.70. The Hall–Kier alpha value is -1.65. The molecule has 1 aliphatic rings. The third-order valence-corrected chi connectivity index (χ3v) is 4.04. The SMILES string of the molecule is CNc1cnc(C(C)C)nc1C(=O)NCC1(C)CCC1. The zero-order valence-electron chi connectivity index (χ0n) is 12.8. The molecule has 0 spiro atoms. The van der Waals surface area contributed by atoms with Crippen molar-refractivity contribution in [3.8, 4) is 0 Å². The second-order valence-electron chi connectivity index (χ2n) is 6.24. The van der Waals surface area contributed by atoms with Gasteiger partial charge in [0.1, 0.15) is 5.82 Å². The number of hydrogen-bond donors (Lipinski definition) is 2. The lowest BCUT2D eigenvalue weighted by Crippen LogP contribution is -2.40. The Labute approximate surface area is 120 Å². The van der Waals surface area contributed by atoms with Crippen LogP contribution in [0, 0.1) is 5.41 Å². The Balaban J connectivity index is 2.12. The highest BCUT2D eigenvalue weighted by Crippen LogP contribution is 2.39. The molecule has 1 aromatic heterocycles. The standard InChI is InChI=1S/C15H24N4O/c1-10(2)13-17-8-11(16-4)12(19-13)14(20)18-9-15(3)6-5-7-15/h8,10,16H,5-7,9H2,1-4H3,(H,18,20). The van der Waals surface area contributed by atoms with Crippen LogP contribution in [0.3, 0.4) is 0 Å². The minimum Gasteiger partial charge on any atom is -0.385 e. The number of aromatic nitrogens is 2. The van der Waals surface area contributed by atoms with E-state index in [1.807, 2.05) is 13.8 Å². The van der Waals surface area contributed by atoms with Crippen molar-refractivity contribution < 1.29 is 4.79 Å². The lowest BCUT2D eigenvalue weighted by Gasteiger charge is -2.38. The molecule has 5 nitrogen and oxygen atoms in total. The average molecular weight is 276 g/mol. The fourth-order valence-electron chi connectivity index (χ4n) is 2.36. The number of carbonyl (C=O) groups is 1. The van der Waals surface area contributed by atoms with Crippen LogP contribution in [0.1, 0.15) is 62.3 Å². The zero-order valence-corrected chi connectivity index (χ0v) is 12.8. The highest BCUT2D eigenvalue weighted by Gasteiger charge is 2.32. The summed E-state index contributed by atoms with van der Waals surface area (Å²) in [5, 5.41) is 5.99. The van der Waals surface area contributed by atoms with E-state index in [1.165, 1.54) is 19.3 Å². The van der Waals surface area contributed by atoms with Gasteiger partial charge >= 0.3 is 0 Å². The van der Waals surface area contributed by atoms with Crippen molar-refractivity contribution in [2.45, 2.75) is 46.0 Å². The third-order valence-electron chi connectivity index (χ3n) is 4.04. The molecular formula is C15H24N4O. The molecule has 2 N–H and O–H groups in total. The molecule has 0 saturated heterocycles. The predicted octanol–water partition coefficient (Wildman–Crippen LogP) is 2.56. The van der Waals surface area contributed by atoms with E-state index >= 15 is 0 Å². The van der Waals surface area contributed by atoms with E-state index in [1.54, 1.807) is 13.2 Å². The molecule has 0 aromatic carbocycles. The van der Waals surface area contributed by atoms with Crippen molar-refractivity contribution in [1.29, 1.82) is 0 Å². The Kier molecular flexibility index (Phi) is 4.26. The molecule has 0 bridgehead atoms. The number of amides is 1. The van der Waals surface area contributed by atoms with Crippen molar-refractivity contribution in [3.63, 3.8) is 0 Å². The van der Waals surface area contributed by atoms with Crippen LogP contribution in [0.5, 0.6) is 0 Å². The summed E-state index contributed by atoms with van der Waals surface area (Å²) in [4.78, 5) is 21.0. The summed E-state index contributed by atoms with van der Waals surface area (Å²) in [6, 6.07) is 0. The van der Waals surface area contributed by atoms with E-state index in [0.717, 1.165) is 6.54 Å².